The first-order valence-electron chi connectivity index (χ1n) is 9.76. The van der Waals surface area contributed by atoms with Gasteiger partial charge >= 0.3 is 12.1 Å². The largest absolute Gasteiger partial charge is 0.490 e. The zero-order valence-electron chi connectivity index (χ0n) is 18.3. The number of carboxylic acid groups (broad SMARTS) is 1. The number of benzene rings is 1. The van der Waals surface area contributed by atoms with Gasteiger partial charge < -0.3 is 19.6 Å². The van der Waals surface area contributed by atoms with Crippen molar-refractivity contribution in [1.29, 1.82) is 0 Å². The Labute approximate surface area is 187 Å². The maximum atomic E-state index is 12.4. The molecule has 3 rings (SSSR count). The van der Waals surface area contributed by atoms with Gasteiger partial charge in [0.1, 0.15) is 0 Å². The van der Waals surface area contributed by atoms with Crippen LogP contribution in [0.5, 0.6) is 0 Å². The van der Waals surface area contributed by atoms with E-state index in [1.165, 1.54) is 6.07 Å². The van der Waals surface area contributed by atoms with E-state index in [1.54, 1.807) is 23.2 Å². The van der Waals surface area contributed by atoms with Gasteiger partial charge in [-0.1, -0.05) is 0 Å². The van der Waals surface area contributed by atoms with Crippen molar-refractivity contribution in [3.63, 3.8) is 0 Å². The van der Waals surface area contributed by atoms with Crippen molar-refractivity contribution in [2.45, 2.75) is 39.9 Å². The number of pyridine rings is 1. The first kappa shape index (κ1) is 25.4. The molecule has 0 aliphatic rings. The summed E-state index contributed by atoms with van der Waals surface area (Å²) in [4.78, 5) is 37.6. The molecule has 0 radical (unpaired) electrons. The van der Waals surface area contributed by atoms with Gasteiger partial charge in [0.2, 0.25) is 0 Å². The zero-order valence-corrected chi connectivity index (χ0v) is 18.3. The van der Waals surface area contributed by atoms with Crippen LogP contribution in [0.1, 0.15) is 41.6 Å². The summed E-state index contributed by atoms with van der Waals surface area (Å²) in [7, 11) is 0. The molecule has 0 aliphatic heterocycles. The lowest BCUT2D eigenvalue weighted by molar-refractivity contribution is -0.192. The molecular formula is C22H23F3N4O4. The van der Waals surface area contributed by atoms with Crippen LogP contribution in [0, 0.1) is 13.8 Å². The molecule has 2 heterocycles. The predicted molar refractivity (Wildman–Crippen MR) is 116 cm³/mol. The third-order valence-corrected chi connectivity index (χ3v) is 4.66. The molecule has 0 fully saturated rings. The third-order valence-electron chi connectivity index (χ3n) is 4.66. The number of imidazole rings is 1. The number of nitrogens with zero attached hydrogens (tertiary/aromatic N) is 3. The SMILES string of the molecule is Cc1ncn(-c2ccc(NC(=O)c3ccn(C(C)C)c(=O)c3)cc2)c1C.O=C(O)C(F)(F)F. The standard InChI is InChI=1S/C20H22N4O2.C2HF3O2/c1-13(2)23-10-9-16(11-19(23)25)20(26)22-17-5-7-18(8-6-17)24-12-21-14(3)15(24)4;3-2(4,5)1(6)7/h5-13H,1-4H3,(H,22,26);(H,6,7). The van der Waals surface area contributed by atoms with E-state index in [2.05, 4.69) is 10.3 Å². The second kappa shape index (κ2) is 10.2. The average molecular weight is 464 g/mol. The summed E-state index contributed by atoms with van der Waals surface area (Å²) in [6.45, 7) is 7.82. The fraction of sp³-hybridized carbons (Fsp3) is 0.273. The van der Waals surface area contributed by atoms with E-state index in [0.717, 1.165) is 17.1 Å². The summed E-state index contributed by atoms with van der Waals surface area (Å²) >= 11 is 0. The number of rotatable bonds is 4. The molecule has 1 amide bonds. The number of aryl methyl sites for hydroxylation is 1. The van der Waals surface area contributed by atoms with Gasteiger partial charge in [-0.2, -0.15) is 13.2 Å². The zero-order chi connectivity index (χ0) is 24.9. The van der Waals surface area contributed by atoms with Crippen molar-refractivity contribution in [3.05, 3.63) is 76.2 Å². The molecule has 8 nitrogen and oxygen atoms in total. The van der Waals surface area contributed by atoms with Gasteiger partial charge in [-0.05, 0) is 58.0 Å². The Morgan fingerprint density at radius 2 is 1.67 bits per heavy atom. The molecule has 0 unspecified atom stereocenters. The number of aliphatic carboxylic acids is 1. The molecule has 176 valence electrons. The Kier molecular flexibility index (Phi) is 7.81. The Morgan fingerprint density at radius 3 is 2.09 bits per heavy atom. The number of halogens is 3. The van der Waals surface area contributed by atoms with Crippen molar-refractivity contribution in [2.24, 2.45) is 0 Å². The minimum Gasteiger partial charge on any atom is -0.475 e. The van der Waals surface area contributed by atoms with E-state index in [1.807, 2.05) is 56.5 Å². The van der Waals surface area contributed by atoms with Gasteiger partial charge in [0, 0.05) is 40.9 Å². The Hall–Kier alpha value is -3.89. The molecule has 2 N–H and O–H groups in total. The molecule has 0 spiro atoms. The Bertz CT molecular complexity index is 1200. The molecule has 2 aromatic heterocycles. The number of carbonyl (C=O) groups excluding carboxylic acids is 1. The molecule has 0 saturated heterocycles. The number of anilines is 1. The lowest BCUT2D eigenvalue weighted by Crippen LogP contribution is -2.23. The highest BCUT2D eigenvalue weighted by molar-refractivity contribution is 6.04. The quantitative estimate of drug-likeness (QED) is 0.604. The smallest absolute Gasteiger partial charge is 0.475 e. The van der Waals surface area contributed by atoms with Crippen molar-refractivity contribution in [1.82, 2.24) is 14.1 Å². The fourth-order valence-corrected chi connectivity index (χ4v) is 2.73. The van der Waals surface area contributed by atoms with E-state index in [4.69, 9.17) is 9.90 Å². The van der Waals surface area contributed by atoms with E-state index >= 15 is 0 Å². The van der Waals surface area contributed by atoms with Crippen LogP contribution in [0.25, 0.3) is 5.69 Å². The minimum absolute atomic E-state index is 0.0578. The molecule has 0 bridgehead atoms. The van der Waals surface area contributed by atoms with Crippen LogP contribution >= 0.6 is 0 Å². The van der Waals surface area contributed by atoms with Crippen LogP contribution in [0.3, 0.4) is 0 Å². The van der Waals surface area contributed by atoms with E-state index < -0.39 is 12.1 Å². The number of carbonyl (C=O) groups is 2. The van der Waals surface area contributed by atoms with Gasteiger partial charge in [0.05, 0.1) is 12.0 Å². The number of nitrogens with one attached hydrogen (secondary N) is 1. The van der Waals surface area contributed by atoms with Crippen LogP contribution in [-0.2, 0) is 4.79 Å². The summed E-state index contributed by atoms with van der Waals surface area (Å²) in [5.74, 6) is -3.06. The van der Waals surface area contributed by atoms with Crippen LogP contribution in [0.15, 0.2) is 53.7 Å². The molecule has 0 aliphatic carbocycles. The molecule has 1 aromatic carbocycles. The van der Waals surface area contributed by atoms with Crippen molar-refractivity contribution in [3.8, 4) is 5.69 Å². The predicted octanol–water partition coefficient (Wildman–Crippen LogP) is 4.12. The molecular weight excluding hydrogens is 441 g/mol. The summed E-state index contributed by atoms with van der Waals surface area (Å²) in [6.07, 6.45) is -1.66. The number of carboxylic acids is 1. The first-order chi connectivity index (χ1) is 15.3. The molecule has 11 heteroatoms. The van der Waals surface area contributed by atoms with Gasteiger partial charge in [-0.3, -0.25) is 9.59 Å². The van der Waals surface area contributed by atoms with Crippen molar-refractivity contribution in [2.75, 3.05) is 5.32 Å². The highest BCUT2D eigenvalue weighted by atomic mass is 19.4. The lowest BCUT2D eigenvalue weighted by atomic mass is 10.2. The number of alkyl halides is 3. The second-order valence-electron chi connectivity index (χ2n) is 7.34. The summed E-state index contributed by atoms with van der Waals surface area (Å²) in [5, 5.41) is 9.95. The fourth-order valence-electron chi connectivity index (χ4n) is 2.73. The Balaban J connectivity index is 0.000000479. The van der Waals surface area contributed by atoms with Gasteiger partial charge in [-0.15, -0.1) is 0 Å². The third kappa shape index (κ3) is 6.55. The lowest BCUT2D eigenvalue weighted by Gasteiger charge is -2.11. The van der Waals surface area contributed by atoms with Gasteiger partial charge in [-0.25, -0.2) is 9.78 Å². The van der Waals surface area contributed by atoms with Crippen LogP contribution < -0.4 is 10.9 Å². The summed E-state index contributed by atoms with van der Waals surface area (Å²) in [6, 6.07) is 10.6. The van der Waals surface area contributed by atoms with Crippen molar-refractivity contribution < 1.29 is 27.9 Å². The molecule has 0 atom stereocenters. The molecule has 33 heavy (non-hydrogen) atoms. The molecule has 0 saturated carbocycles. The number of hydrogen-bond acceptors (Lipinski definition) is 4. The second-order valence-corrected chi connectivity index (χ2v) is 7.34. The van der Waals surface area contributed by atoms with Crippen LogP contribution in [0.2, 0.25) is 0 Å². The summed E-state index contributed by atoms with van der Waals surface area (Å²) < 4.78 is 35.3. The number of hydrogen-bond donors (Lipinski definition) is 2. The maximum Gasteiger partial charge on any atom is 0.490 e. The highest BCUT2D eigenvalue weighted by Crippen LogP contribution is 2.17. The van der Waals surface area contributed by atoms with E-state index in [0.29, 0.717) is 11.3 Å². The Morgan fingerprint density at radius 1 is 1.09 bits per heavy atom. The monoisotopic (exact) mass is 464 g/mol. The topological polar surface area (TPSA) is 106 Å². The van der Waals surface area contributed by atoms with E-state index in [9.17, 15) is 22.8 Å². The number of amides is 1. The van der Waals surface area contributed by atoms with E-state index in [-0.39, 0.29) is 17.5 Å². The normalized spacial score (nSPS) is 11.0. The van der Waals surface area contributed by atoms with Gasteiger partial charge in [0.25, 0.3) is 11.5 Å². The first-order valence-corrected chi connectivity index (χ1v) is 9.76. The van der Waals surface area contributed by atoms with Crippen LogP contribution in [-0.4, -0.2) is 37.3 Å². The minimum atomic E-state index is -5.08. The average Bonchev–Trinajstić information content (AvgIpc) is 3.06. The summed E-state index contributed by atoms with van der Waals surface area (Å²) in [5.41, 5.74) is 3.86. The van der Waals surface area contributed by atoms with Crippen molar-refractivity contribution >= 4 is 17.6 Å². The van der Waals surface area contributed by atoms with Crippen LogP contribution in [0.4, 0.5) is 18.9 Å². The van der Waals surface area contributed by atoms with Gasteiger partial charge in [0.15, 0.2) is 0 Å². The molecule has 3 aromatic rings. The maximum absolute atomic E-state index is 12.4. The number of aromatic nitrogens is 3. The highest BCUT2D eigenvalue weighted by Gasteiger charge is 2.38.